The number of H-pyrrole nitrogens is 1. The van der Waals surface area contributed by atoms with Gasteiger partial charge >= 0.3 is 0 Å². The van der Waals surface area contributed by atoms with E-state index in [0.29, 0.717) is 12.3 Å². The first-order chi connectivity index (χ1) is 14.6. The number of aromatic amines is 1. The monoisotopic (exact) mass is 401 g/mol. The third-order valence-electron chi connectivity index (χ3n) is 5.68. The summed E-state index contributed by atoms with van der Waals surface area (Å²) < 4.78 is 7.52. The van der Waals surface area contributed by atoms with Gasteiger partial charge < -0.3 is 9.72 Å². The van der Waals surface area contributed by atoms with Crippen molar-refractivity contribution in [3.05, 3.63) is 71.3 Å². The Morgan fingerprint density at radius 2 is 1.97 bits per heavy atom. The SMILES string of the molecule is CCCOc1ccc([C@H]2c3c(nn(C)c3C)C(=O)N2c2ccc3nc[nH]c3c2)cc1. The van der Waals surface area contributed by atoms with E-state index in [0.717, 1.165) is 45.7 Å². The Morgan fingerprint density at radius 3 is 2.73 bits per heavy atom. The second-order valence-corrected chi connectivity index (χ2v) is 7.57. The molecule has 1 N–H and O–H groups in total. The van der Waals surface area contributed by atoms with Crippen molar-refractivity contribution in [2.75, 3.05) is 11.5 Å². The lowest BCUT2D eigenvalue weighted by atomic mass is 9.98. The Balaban J connectivity index is 1.62. The summed E-state index contributed by atoms with van der Waals surface area (Å²) in [7, 11) is 1.88. The molecule has 1 atom stereocenters. The van der Waals surface area contributed by atoms with Crippen LogP contribution in [0.2, 0.25) is 0 Å². The molecule has 2 aromatic carbocycles. The number of aryl methyl sites for hydroxylation is 1. The fourth-order valence-electron chi connectivity index (χ4n) is 4.09. The van der Waals surface area contributed by atoms with Gasteiger partial charge in [0, 0.05) is 24.0 Å². The molecule has 2 aromatic heterocycles. The Labute approximate surface area is 174 Å². The number of nitrogens with one attached hydrogen (secondary N) is 1. The van der Waals surface area contributed by atoms with Gasteiger partial charge in [0.25, 0.3) is 5.91 Å². The maximum atomic E-state index is 13.4. The van der Waals surface area contributed by atoms with Crippen molar-refractivity contribution in [1.82, 2.24) is 19.7 Å². The van der Waals surface area contributed by atoms with Crippen molar-refractivity contribution in [1.29, 1.82) is 0 Å². The van der Waals surface area contributed by atoms with Crippen molar-refractivity contribution < 1.29 is 9.53 Å². The van der Waals surface area contributed by atoms with Crippen LogP contribution in [0.25, 0.3) is 11.0 Å². The number of benzene rings is 2. The third-order valence-corrected chi connectivity index (χ3v) is 5.68. The topological polar surface area (TPSA) is 76.0 Å². The first-order valence-corrected chi connectivity index (χ1v) is 10.1. The summed E-state index contributed by atoms with van der Waals surface area (Å²) in [6.07, 6.45) is 2.62. The number of amides is 1. The van der Waals surface area contributed by atoms with Gasteiger partial charge in [-0.05, 0) is 49.2 Å². The van der Waals surface area contributed by atoms with Crippen LogP contribution in [-0.4, -0.2) is 32.3 Å². The number of carbonyl (C=O) groups is 1. The van der Waals surface area contributed by atoms with Gasteiger partial charge in [-0.25, -0.2) is 4.98 Å². The highest BCUT2D eigenvalue weighted by molar-refractivity contribution is 6.11. The van der Waals surface area contributed by atoms with E-state index < -0.39 is 0 Å². The summed E-state index contributed by atoms with van der Waals surface area (Å²) >= 11 is 0. The van der Waals surface area contributed by atoms with Gasteiger partial charge in [0.05, 0.1) is 30.0 Å². The van der Waals surface area contributed by atoms with E-state index in [-0.39, 0.29) is 11.9 Å². The molecule has 0 saturated heterocycles. The van der Waals surface area contributed by atoms with Gasteiger partial charge in [0.1, 0.15) is 5.75 Å². The molecule has 0 bridgehead atoms. The molecule has 152 valence electrons. The van der Waals surface area contributed by atoms with Gasteiger partial charge in [-0.1, -0.05) is 19.1 Å². The smallest absolute Gasteiger partial charge is 0.280 e. The lowest BCUT2D eigenvalue weighted by Gasteiger charge is -2.27. The van der Waals surface area contributed by atoms with Crippen LogP contribution in [0.3, 0.4) is 0 Å². The molecular weight excluding hydrogens is 378 g/mol. The highest BCUT2D eigenvalue weighted by Gasteiger charge is 2.43. The predicted octanol–water partition coefficient (Wildman–Crippen LogP) is 4.14. The van der Waals surface area contributed by atoms with Gasteiger partial charge in [-0.3, -0.25) is 14.4 Å². The van der Waals surface area contributed by atoms with Crippen LogP contribution < -0.4 is 9.64 Å². The number of ether oxygens (including phenoxy) is 1. The lowest BCUT2D eigenvalue weighted by Crippen LogP contribution is -2.29. The predicted molar refractivity (Wildman–Crippen MR) is 115 cm³/mol. The maximum absolute atomic E-state index is 13.4. The summed E-state index contributed by atoms with van der Waals surface area (Å²) in [5.74, 6) is 0.738. The summed E-state index contributed by atoms with van der Waals surface area (Å²) in [5, 5.41) is 4.51. The number of hydrogen-bond donors (Lipinski definition) is 1. The van der Waals surface area contributed by atoms with Gasteiger partial charge in [-0.15, -0.1) is 0 Å². The average molecular weight is 401 g/mol. The largest absolute Gasteiger partial charge is 0.494 e. The molecule has 30 heavy (non-hydrogen) atoms. The molecule has 0 unspecified atom stereocenters. The molecule has 3 heterocycles. The van der Waals surface area contributed by atoms with E-state index >= 15 is 0 Å². The van der Waals surface area contributed by atoms with Crippen molar-refractivity contribution in [2.24, 2.45) is 7.05 Å². The Bertz CT molecular complexity index is 1240. The number of imidazole rings is 1. The zero-order valence-electron chi connectivity index (χ0n) is 17.2. The average Bonchev–Trinajstić information content (AvgIpc) is 3.42. The van der Waals surface area contributed by atoms with Gasteiger partial charge in [0.15, 0.2) is 5.69 Å². The lowest BCUT2D eigenvalue weighted by molar-refractivity contribution is 0.0988. The molecular formula is C23H23N5O2. The van der Waals surface area contributed by atoms with Crippen LogP contribution in [0.5, 0.6) is 5.75 Å². The normalized spacial score (nSPS) is 15.8. The molecule has 4 aromatic rings. The Morgan fingerprint density at radius 1 is 1.17 bits per heavy atom. The number of anilines is 1. The number of nitrogens with zero attached hydrogens (tertiary/aromatic N) is 4. The Hall–Kier alpha value is -3.61. The number of fused-ring (bicyclic) bond motifs is 2. The molecule has 7 heteroatoms. The molecule has 0 saturated carbocycles. The summed E-state index contributed by atoms with van der Waals surface area (Å²) in [5.41, 5.74) is 6.04. The van der Waals surface area contributed by atoms with Crippen molar-refractivity contribution >= 4 is 22.6 Å². The van der Waals surface area contributed by atoms with Crippen LogP contribution in [0.15, 0.2) is 48.8 Å². The number of rotatable bonds is 5. The maximum Gasteiger partial charge on any atom is 0.280 e. The zero-order chi connectivity index (χ0) is 20.8. The molecule has 7 nitrogen and oxygen atoms in total. The van der Waals surface area contributed by atoms with Crippen LogP contribution in [0, 0.1) is 6.92 Å². The fraction of sp³-hybridized carbons (Fsp3) is 0.261. The third kappa shape index (κ3) is 2.77. The second-order valence-electron chi connectivity index (χ2n) is 7.57. The standard InChI is InChI=1S/C23H23N5O2/c1-4-11-30-17-8-5-15(6-9-17)22-20-14(2)27(3)26-21(20)23(29)28(22)16-7-10-18-19(12-16)25-13-24-18/h5-10,12-13,22H,4,11H2,1-3H3,(H,24,25)/t22-/m0/s1. The van der Waals surface area contributed by atoms with Gasteiger partial charge in [0.2, 0.25) is 0 Å². The second kappa shape index (κ2) is 7.02. The van der Waals surface area contributed by atoms with E-state index in [9.17, 15) is 4.79 Å². The van der Waals surface area contributed by atoms with Crippen molar-refractivity contribution in [3.63, 3.8) is 0 Å². The number of aromatic nitrogens is 4. The zero-order valence-corrected chi connectivity index (χ0v) is 17.2. The van der Waals surface area contributed by atoms with Gasteiger partial charge in [-0.2, -0.15) is 5.10 Å². The van der Waals surface area contributed by atoms with E-state index in [1.54, 1.807) is 11.0 Å². The van der Waals surface area contributed by atoms with E-state index in [1.165, 1.54) is 0 Å². The molecule has 0 radical (unpaired) electrons. The molecule has 1 aliphatic heterocycles. The molecule has 0 fully saturated rings. The number of hydrogen-bond acceptors (Lipinski definition) is 4. The minimum absolute atomic E-state index is 0.0936. The molecule has 5 rings (SSSR count). The quantitative estimate of drug-likeness (QED) is 0.545. The van der Waals surface area contributed by atoms with Crippen molar-refractivity contribution in [2.45, 2.75) is 26.3 Å². The summed E-state index contributed by atoms with van der Waals surface area (Å²) in [4.78, 5) is 22.7. The molecule has 0 spiro atoms. The minimum atomic E-state index is -0.248. The Kier molecular flexibility index (Phi) is 4.31. The van der Waals surface area contributed by atoms with Crippen LogP contribution >= 0.6 is 0 Å². The van der Waals surface area contributed by atoms with E-state index in [1.807, 2.05) is 61.3 Å². The molecule has 1 aliphatic rings. The fourth-order valence-corrected chi connectivity index (χ4v) is 4.09. The summed E-state index contributed by atoms with van der Waals surface area (Å²) in [6.45, 7) is 4.77. The molecule has 1 amide bonds. The minimum Gasteiger partial charge on any atom is -0.494 e. The van der Waals surface area contributed by atoms with Crippen LogP contribution in [0.1, 0.15) is 46.7 Å². The van der Waals surface area contributed by atoms with E-state index in [2.05, 4.69) is 22.0 Å². The van der Waals surface area contributed by atoms with Crippen molar-refractivity contribution in [3.8, 4) is 5.75 Å². The number of carbonyl (C=O) groups excluding carboxylic acids is 1. The van der Waals surface area contributed by atoms with Crippen LogP contribution in [-0.2, 0) is 7.05 Å². The first-order valence-electron chi connectivity index (χ1n) is 10.1. The first kappa shape index (κ1) is 18.4. The molecule has 0 aliphatic carbocycles. The van der Waals surface area contributed by atoms with E-state index in [4.69, 9.17) is 4.74 Å². The van der Waals surface area contributed by atoms with Crippen LogP contribution in [0.4, 0.5) is 5.69 Å². The highest BCUT2D eigenvalue weighted by Crippen LogP contribution is 2.43. The highest BCUT2D eigenvalue weighted by atomic mass is 16.5. The summed E-state index contributed by atoms with van der Waals surface area (Å²) in [6, 6.07) is 13.6.